The number of nitrogens with zero attached hydrogens (tertiary/aromatic N) is 2. The summed E-state index contributed by atoms with van der Waals surface area (Å²) in [6.45, 7) is 4.33. The molecule has 0 aliphatic carbocycles. The van der Waals surface area contributed by atoms with Gasteiger partial charge in [0, 0.05) is 30.2 Å². The molecule has 32 heavy (non-hydrogen) atoms. The number of carbonyl (C=O) groups excluding carboxylic acids is 2. The van der Waals surface area contributed by atoms with Crippen LogP contribution in [0.5, 0.6) is 5.75 Å². The van der Waals surface area contributed by atoms with Crippen LogP contribution in [0.4, 0.5) is 11.4 Å². The summed E-state index contributed by atoms with van der Waals surface area (Å²) in [5.74, 6) is 0.0494. The number of amides is 2. The van der Waals surface area contributed by atoms with Gasteiger partial charge in [0.05, 0.1) is 23.0 Å². The minimum atomic E-state index is -0.263. The lowest BCUT2D eigenvalue weighted by atomic mass is 10.1. The first kappa shape index (κ1) is 22.0. The third-order valence-electron chi connectivity index (χ3n) is 5.24. The first-order valence-corrected chi connectivity index (χ1v) is 11.2. The minimum Gasteiger partial charge on any atom is -0.482 e. The van der Waals surface area contributed by atoms with E-state index in [0.717, 1.165) is 39.5 Å². The quantitative estimate of drug-likeness (QED) is 0.588. The van der Waals surface area contributed by atoms with Crippen LogP contribution in [0.3, 0.4) is 0 Å². The summed E-state index contributed by atoms with van der Waals surface area (Å²) in [6, 6.07) is 11.5. The maximum Gasteiger partial charge on any atom is 0.265 e. The van der Waals surface area contributed by atoms with Crippen molar-refractivity contribution in [1.82, 2.24) is 4.98 Å². The molecule has 8 heteroatoms. The normalized spacial score (nSPS) is 13.0. The number of methoxy groups -OCH3 is 1. The molecule has 1 N–H and O–H groups in total. The Kier molecular flexibility index (Phi) is 6.53. The maximum absolute atomic E-state index is 12.8. The zero-order valence-electron chi connectivity index (χ0n) is 18.3. The van der Waals surface area contributed by atoms with Gasteiger partial charge in [-0.05, 0) is 49.2 Å². The number of anilines is 2. The molecule has 0 atom stereocenters. The van der Waals surface area contributed by atoms with Crippen LogP contribution in [0.2, 0.25) is 0 Å². The molecule has 0 saturated carbocycles. The van der Waals surface area contributed by atoms with E-state index in [9.17, 15) is 9.59 Å². The van der Waals surface area contributed by atoms with Crippen LogP contribution in [0.1, 0.15) is 16.1 Å². The molecule has 1 aromatic heterocycles. The average Bonchev–Trinajstić information content (AvgIpc) is 3.25. The van der Waals surface area contributed by atoms with Gasteiger partial charge in [-0.3, -0.25) is 14.5 Å². The van der Waals surface area contributed by atoms with E-state index >= 15 is 0 Å². The van der Waals surface area contributed by atoms with Crippen molar-refractivity contribution in [3.05, 3.63) is 57.9 Å². The fourth-order valence-electron chi connectivity index (χ4n) is 3.49. The summed E-state index contributed by atoms with van der Waals surface area (Å²) in [5.41, 5.74) is 5.02. The fourth-order valence-corrected chi connectivity index (χ4v) is 4.28. The molecule has 0 fully saturated rings. The summed E-state index contributed by atoms with van der Waals surface area (Å²) in [5, 5.41) is 5.89. The van der Waals surface area contributed by atoms with E-state index in [1.54, 1.807) is 18.4 Å². The monoisotopic (exact) mass is 451 g/mol. The number of hydrogen-bond donors (Lipinski definition) is 1. The van der Waals surface area contributed by atoms with E-state index < -0.39 is 0 Å². The number of nitrogens with one attached hydrogen (secondary N) is 1. The molecule has 2 aromatic carbocycles. The molecular weight excluding hydrogens is 426 g/mol. The van der Waals surface area contributed by atoms with Gasteiger partial charge < -0.3 is 14.8 Å². The lowest BCUT2D eigenvalue weighted by Crippen LogP contribution is -2.43. The highest BCUT2D eigenvalue weighted by Crippen LogP contribution is 2.36. The second-order valence-electron chi connectivity index (χ2n) is 7.69. The van der Waals surface area contributed by atoms with Crippen molar-refractivity contribution < 1.29 is 19.1 Å². The Balaban J connectivity index is 1.56. The van der Waals surface area contributed by atoms with Crippen LogP contribution < -0.4 is 15.0 Å². The highest BCUT2D eigenvalue weighted by atomic mass is 32.1. The Morgan fingerprint density at radius 2 is 2.09 bits per heavy atom. The van der Waals surface area contributed by atoms with Crippen LogP contribution >= 0.6 is 11.3 Å². The second-order valence-corrected chi connectivity index (χ2v) is 8.63. The Bertz CT molecular complexity index is 1160. The molecule has 0 saturated heterocycles. The molecule has 1 aliphatic heterocycles. The third-order valence-corrected chi connectivity index (χ3v) is 6.15. The maximum atomic E-state index is 12.8. The molecule has 0 spiro atoms. The SMILES string of the molecule is COCCc1nc(-c2ccc3c(c2)N(CC(=O)Nc2cc(C)ccc2C)C(=O)CO3)cs1. The van der Waals surface area contributed by atoms with Crippen molar-refractivity contribution in [3.8, 4) is 17.0 Å². The molecule has 166 valence electrons. The number of carbonyl (C=O) groups is 2. The molecule has 7 nitrogen and oxygen atoms in total. The largest absolute Gasteiger partial charge is 0.482 e. The van der Waals surface area contributed by atoms with Gasteiger partial charge in [0.1, 0.15) is 12.3 Å². The van der Waals surface area contributed by atoms with Crippen LogP contribution in [0.15, 0.2) is 41.8 Å². The van der Waals surface area contributed by atoms with E-state index in [2.05, 4.69) is 10.3 Å². The zero-order valence-corrected chi connectivity index (χ0v) is 19.1. The number of aromatic nitrogens is 1. The molecule has 2 amide bonds. The standard InChI is InChI=1S/C24H25N3O4S/c1-15-4-5-16(2)18(10-15)25-22(28)12-27-20-11-17(6-7-21(20)31-13-24(27)29)19-14-32-23(26-19)8-9-30-3/h4-7,10-11,14H,8-9,12-13H2,1-3H3,(H,25,28). The minimum absolute atomic E-state index is 0.0951. The van der Waals surface area contributed by atoms with Crippen molar-refractivity contribution >= 4 is 34.5 Å². The molecule has 0 bridgehead atoms. The number of benzene rings is 2. The summed E-state index contributed by atoms with van der Waals surface area (Å²) >= 11 is 1.57. The number of rotatable bonds is 7. The highest BCUT2D eigenvalue weighted by Gasteiger charge is 2.28. The van der Waals surface area contributed by atoms with Crippen molar-refractivity contribution in [2.45, 2.75) is 20.3 Å². The van der Waals surface area contributed by atoms with E-state index in [4.69, 9.17) is 9.47 Å². The van der Waals surface area contributed by atoms with Gasteiger partial charge in [-0.2, -0.15) is 0 Å². The summed E-state index contributed by atoms with van der Waals surface area (Å²) in [6.07, 6.45) is 0.748. The van der Waals surface area contributed by atoms with Crippen LogP contribution in [0, 0.1) is 13.8 Å². The Labute approximate surface area is 191 Å². The van der Waals surface area contributed by atoms with Gasteiger partial charge in [-0.15, -0.1) is 11.3 Å². The van der Waals surface area contributed by atoms with Crippen molar-refractivity contribution in [2.24, 2.45) is 0 Å². The van der Waals surface area contributed by atoms with Crippen molar-refractivity contribution in [2.75, 3.05) is 37.1 Å². The molecule has 4 rings (SSSR count). The van der Waals surface area contributed by atoms with Gasteiger partial charge in [0.2, 0.25) is 5.91 Å². The molecule has 1 aliphatic rings. The predicted octanol–water partition coefficient (Wildman–Crippen LogP) is 3.98. The Morgan fingerprint density at radius 3 is 2.91 bits per heavy atom. The number of fused-ring (bicyclic) bond motifs is 1. The lowest BCUT2D eigenvalue weighted by Gasteiger charge is -2.29. The van der Waals surface area contributed by atoms with Crippen molar-refractivity contribution in [3.63, 3.8) is 0 Å². The fraction of sp³-hybridized carbons (Fsp3) is 0.292. The highest BCUT2D eigenvalue weighted by molar-refractivity contribution is 7.09. The number of thiazole rings is 1. The van der Waals surface area contributed by atoms with E-state index in [0.29, 0.717) is 18.0 Å². The van der Waals surface area contributed by atoms with Gasteiger partial charge >= 0.3 is 0 Å². The second kappa shape index (κ2) is 9.50. The Morgan fingerprint density at radius 1 is 1.25 bits per heavy atom. The van der Waals surface area contributed by atoms with E-state index in [1.165, 1.54) is 4.90 Å². The zero-order chi connectivity index (χ0) is 22.7. The average molecular weight is 452 g/mol. The number of aryl methyl sites for hydroxylation is 2. The number of hydrogen-bond acceptors (Lipinski definition) is 6. The van der Waals surface area contributed by atoms with Gasteiger partial charge in [-0.1, -0.05) is 12.1 Å². The van der Waals surface area contributed by atoms with Gasteiger partial charge in [0.25, 0.3) is 5.91 Å². The van der Waals surface area contributed by atoms with Gasteiger partial charge in [-0.25, -0.2) is 4.98 Å². The topological polar surface area (TPSA) is 80.8 Å². The van der Waals surface area contributed by atoms with E-state index in [-0.39, 0.29) is 25.0 Å². The van der Waals surface area contributed by atoms with Crippen molar-refractivity contribution in [1.29, 1.82) is 0 Å². The van der Waals surface area contributed by atoms with E-state index in [1.807, 2.05) is 55.6 Å². The molecular formula is C24H25N3O4S. The van der Waals surface area contributed by atoms with Crippen LogP contribution in [0.25, 0.3) is 11.3 Å². The molecule has 3 aromatic rings. The third kappa shape index (κ3) is 4.81. The lowest BCUT2D eigenvalue weighted by molar-refractivity contribution is -0.123. The summed E-state index contributed by atoms with van der Waals surface area (Å²) in [4.78, 5) is 31.6. The molecule has 2 heterocycles. The first-order valence-electron chi connectivity index (χ1n) is 10.3. The summed E-state index contributed by atoms with van der Waals surface area (Å²) in [7, 11) is 1.67. The van der Waals surface area contributed by atoms with Crippen LogP contribution in [-0.4, -0.2) is 43.7 Å². The first-order chi connectivity index (χ1) is 15.4. The predicted molar refractivity (Wildman–Crippen MR) is 126 cm³/mol. The number of ether oxygens (including phenoxy) is 2. The molecule has 0 radical (unpaired) electrons. The Hall–Kier alpha value is -3.23. The van der Waals surface area contributed by atoms with Crippen LogP contribution in [-0.2, 0) is 20.7 Å². The smallest absolute Gasteiger partial charge is 0.265 e. The molecule has 0 unspecified atom stereocenters. The van der Waals surface area contributed by atoms with Gasteiger partial charge in [0.15, 0.2) is 6.61 Å². The summed E-state index contributed by atoms with van der Waals surface area (Å²) < 4.78 is 10.7.